The van der Waals surface area contributed by atoms with Crippen molar-refractivity contribution in [1.82, 2.24) is 0 Å². The molecule has 0 spiro atoms. The highest BCUT2D eigenvalue weighted by molar-refractivity contribution is 5.87. The van der Waals surface area contributed by atoms with Crippen molar-refractivity contribution in [2.45, 2.75) is 6.10 Å². The lowest BCUT2D eigenvalue weighted by Gasteiger charge is -1.99. The Labute approximate surface area is 67.9 Å². The van der Waals surface area contributed by atoms with E-state index >= 15 is 0 Å². The fourth-order valence-electron chi connectivity index (χ4n) is 0.730. The van der Waals surface area contributed by atoms with E-state index in [1.165, 1.54) is 6.07 Å². The van der Waals surface area contributed by atoms with Crippen LogP contribution in [0.15, 0.2) is 16.7 Å². The van der Waals surface area contributed by atoms with Gasteiger partial charge in [-0.3, -0.25) is 0 Å². The summed E-state index contributed by atoms with van der Waals surface area (Å²) in [6, 6.07) is 1.17. The summed E-state index contributed by atoms with van der Waals surface area (Å²) in [4.78, 5) is 10.3. The maximum atomic E-state index is 10.3. The summed E-state index contributed by atoms with van der Waals surface area (Å²) < 4.78 is 4.69. The van der Waals surface area contributed by atoms with Crippen molar-refractivity contribution in [3.63, 3.8) is 0 Å². The summed E-state index contributed by atoms with van der Waals surface area (Å²) in [5, 5.41) is 25.9. The molecule has 0 saturated heterocycles. The minimum atomic E-state index is -1.15. The van der Waals surface area contributed by atoms with Crippen molar-refractivity contribution in [3.05, 3.63) is 23.7 Å². The Morgan fingerprint density at radius 2 is 2.33 bits per heavy atom. The van der Waals surface area contributed by atoms with Crippen LogP contribution in [0.2, 0.25) is 0 Å². The third-order valence-corrected chi connectivity index (χ3v) is 1.37. The molecule has 3 N–H and O–H groups in total. The normalized spacial score (nSPS) is 12.8. The van der Waals surface area contributed by atoms with Gasteiger partial charge in [0.1, 0.15) is 18.1 Å². The van der Waals surface area contributed by atoms with Crippen molar-refractivity contribution >= 4 is 5.97 Å². The third-order valence-electron chi connectivity index (χ3n) is 1.37. The van der Waals surface area contributed by atoms with Crippen molar-refractivity contribution in [1.29, 1.82) is 0 Å². The number of aliphatic hydroxyl groups is 2. The number of aliphatic hydroxyl groups excluding tert-OH is 2. The molecule has 1 unspecified atom stereocenters. The van der Waals surface area contributed by atoms with E-state index in [-0.39, 0.29) is 11.3 Å². The van der Waals surface area contributed by atoms with Gasteiger partial charge in [0, 0.05) is 0 Å². The van der Waals surface area contributed by atoms with Gasteiger partial charge < -0.3 is 19.7 Å². The number of aromatic carboxylic acids is 1. The average molecular weight is 172 g/mol. The molecule has 1 aromatic heterocycles. The zero-order valence-electron chi connectivity index (χ0n) is 6.10. The van der Waals surface area contributed by atoms with Crippen LogP contribution in [0.3, 0.4) is 0 Å². The average Bonchev–Trinajstić information content (AvgIpc) is 2.51. The lowest BCUT2D eigenvalue weighted by Crippen LogP contribution is -2.00. The highest BCUT2D eigenvalue weighted by atomic mass is 16.4. The van der Waals surface area contributed by atoms with Crippen LogP contribution in [-0.2, 0) is 0 Å². The second-order valence-electron chi connectivity index (χ2n) is 2.24. The molecule has 0 amide bonds. The quantitative estimate of drug-likeness (QED) is 0.597. The Bertz CT molecular complexity index is 277. The van der Waals surface area contributed by atoms with Crippen LogP contribution in [0.5, 0.6) is 0 Å². The molecular formula is C7H8O5. The Kier molecular flexibility index (Phi) is 2.47. The van der Waals surface area contributed by atoms with Crippen LogP contribution < -0.4 is 0 Å². The molecule has 1 heterocycles. The maximum Gasteiger partial charge on any atom is 0.338 e. The molecule has 1 atom stereocenters. The molecule has 0 aliphatic carbocycles. The van der Waals surface area contributed by atoms with Crippen LogP contribution in [0.4, 0.5) is 0 Å². The number of furan rings is 1. The van der Waals surface area contributed by atoms with E-state index in [9.17, 15) is 4.79 Å². The zero-order valence-corrected chi connectivity index (χ0v) is 6.10. The summed E-state index contributed by atoms with van der Waals surface area (Å²) in [5.41, 5.74) is -0.0440. The number of carbonyl (C=O) groups is 1. The van der Waals surface area contributed by atoms with Gasteiger partial charge in [0.15, 0.2) is 0 Å². The molecule has 0 bridgehead atoms. The van der Waals surface area contributed by atoms with E-state index in [1.54, 1.807) is 0 Å². The first-order chi connectivity index (χ1) is 5.65. The molecule has 0 aliphatic rings. The topological polar surface area (TPSA) is 90.9 Å². The van der Waals surface area contributed by atoms with Gasteiger partial charge in [-0.15, -0.1) is 0 Å². The zero-order chi connectivity index (χ0) is 9.14. The minimum Gasteiger partial charge on any atom is -0.478 e. The first-order valence-corrected chi connectivity index (χ1v) is 3.25. The largest absolute Gasteiger partial charge is 0.478 e. The third kappa shape index (κ3) is 1.63. The summed E-state index contributed by atoms with van der Waals surface area (Å²) in [6.07, 6.45) is -0.144. The van der Waals surface area contributed by atoms with Crippen molar-refractivity contribution < 1.29 is 24.5 Å². The Morgan fingerprint density at radius 3 is 2.75 bits per heavy atom. The van der Waals surface area contributed by atoms with Gasteiger partial charge in [-0.1, -0.05) is 0 Å². The van der Waals surface area contributed by atoms with Crippen molar-refractivity contribution in [2.75, 3.05) is 6.61 Å². The van der Waals surface area contributed by atoms with Crippen LogP contribution in [0.25, 0.3) is 0 Å². The maximum absolute atomic E-state index is 10.3. The molecule has 5 nitrogen and oxygen atoms in total. The minimum absolute atomic E-state index is 0.0440. The van der Waals surface area contributed by atoms with E-state index in [0.29, 0.717) is 0 Å². The van der Waals surface area contributed by atoms with E-state index < -0.39 is 18.7 Å². The summed E-state index contributed by atoms with van der Waals surface area (Å²) in [7, 11) is 0. The van der Waals surface area contributed by atoms with Crippen LogP contribution >= 0.6 is 0 Å². The second kappa shape index (κ2) is 3.38. The van der Waals surface area contributed by atoms with Crippen LogP contribution in [-0.4, -0.2) is 27.9 Å². The van der Waals surface area contributed by atoms with E-state index in [1.807, 2.05) is 0 Å². The van der Waals surface area contributed by atoms with Crippen LogP contribution in [0.1, 0.15) is 22.2 Å². The number of rotatable bonds is 3. The first-order valence-electron chi connectivity index (χ1n) is 3.25. The SMILES string of the molecule is O=C(O)c1coc(C(O)CO)c1. The van der Waals surface area contributed by atoms with Gasteiger partial charge in [-0.05, 0) is 6.07 Å². The van der Waals surface area contributed by atoms with Gasteiger partial charge in [0.2, 0.25) is 0 Å². The lowest BCUT2D eigenvalue weighted by molar-refractivity contribution is 0.0696. The molecule has 0 radical (unpaired) electrons. The second-order valence-corrected chi connectivity index (χ2v) is 2.24. The van der Waals surface area contributed by atoms with Gasteiger partial charge >= 0.3 is 5.97 Å². The van der Waals surface area contributed by atoms with Gasteiger partial charge in [-0.25, -0.2) is 4.79 Å². The summed E-state index contributed by atoms with van der Waals surface area (Å²) in [5.74, 6) is -1.08. The Morgan fingerprint density at radius 1 is 1.67 bits per heavy atom. The van der Waals surface area contributed by atoms with Gasteiger partial charge in [-0.2, -0.15) is 0 Å². The monoisotopic (exact) mass is 172 g/mol. The standard InChI is InChI=1S/C7H8O5/c8-2-5(9)6-1-4(3-12-6)7(10)11/h1,3,5,8-9H,2H2,(H,10,11). The fraction of sp³-hybridized carbons (Fsp3) is 0.286. The molecule has 12 heavy (non-hydrogen) atoms. The molecule has 0 saturated carbocycles. The number of hydrogen-bond acceptors (Lipinski definition) is 4. The molecule has 1 aromatic rings. The molecule has 5 heteroatoms. The number of hydrogen-bond donors (Lipinski definition) is 3. The Balaban J connectivity index is 2.84. The molecular weight excluding hydrogens is 164 g/mol. The molecule has 0 aliphatic heterocycles. The van der Waals surface area contributed by atoms with Gasteiger partial charge in [0.25, 0.3) is 0 Å². The number of carboxylic acids is 1. The predicted octanol–water partition coefficient (Wildman–Crippen LogP) is 0.00350. The highest BCUT2D eigenvalue weighted by Crippen LogP contribution is 2.15. The number of carboxylic acid groups (broad SMARTS) is 1. The van der Waals surface area contributed by atoms with Crippen LogP contribution in [0, 0.1) is 0 Å². The molecule has 0 fully saturated rings. The predicted molar refractivity (Wildman–Crippen MR) is 37.7 cm³/mol. The fourth-order valence-corrected chi connectivity index (χ4v) is 0.730. The van der Waals surface area contributed by atoms with Crippen molar-refractivity contribution in [2.24, 2.45) is 0 Å². The van der Waals surface area contributed by atoms with Crippen molar-refractivity contribution in [3.8, 4) is 0 Å². The first kappa shape index (κ1) is 8.76. The highest BCUT2D eigenvalue weighted by Gasteiger charge is 2.13. The summed E-state index contributed by atoms with van der Waals surface area (Å²) in [6.45, 7) is -0.493. The molecule has 0 aromatic carbocycles. The molecule has 66 valence electrons. The lowest BCUT2D eigenvalue weighted by atomic mass is 10.2. The van der Waals surface area contributed by atoms with E-state index in [4.69, 9.17) is 15.3 Å². The van der Waals surface area contributed by atoms with E-state index in [2.05, 4.69) is 4.42 Å². The van der Waals surface area contributed by atoms with E-state index in [0.717, 1.165) is 6.26 Å². The molecule has 1 rings (SSSR count). The Hall–Kier alpha value is -1.33. The summed E-state index contributed by atoms with van der Waals surface area (Å²) >= 11 is 0. The van der Waals surface area contributed by atoms with Gasteiger partial charge in [0.05, 0.1) is 12.2 Å². The smallest absolute Gasteiger partial charge is 0.338 e.